The minimum atomic E-state index is -0.428. The minimum Gasteiger partial charge on any atom is -0.370 e. The van der Waals surface area contributed by atoms with Gasteiger partial charge in [0.25, 0.3) is 0 Å². The number of rotatable bonds is 3. The molecule has 0 aromatic heterocycles. The number of benzene rings is 1. The monoisotopic (exact) mass is 409 g/mol. The second-order valence-corrected chi connectivity index (χ2v) is 5.42. The average molecular weight is 409 g/mol. The van der Waals surface area contributed by atoms with Crippen LogP contribution in [-0.4, -0.2) is 30.5 Å². The van der Waals surface area contributed by atoms with Gasteiger partial charge in [0.05, 0.1) is 0 Å². The number of hydrogen-bond donors (Lipinski definition) is 1. The molecule has 1 aliphatic heterocycles. The van der Waals surface area contributed by atoms with Crippen LogP contribution in [0.5, 0.6) is 0 Å². The van der Waals surface area contributed by atoms with E-state index in [1.54, 1.807) is 0 Å². The highest BCUT2D eigenvalue weighted by Crippen LogP contribution is 2.15. The van der Waals surface area contributed by atoms with Crippen molar-refractivity contribution in [3.63, 3.8) is 0 Å². The van der Waals surface area contributed by atoms with Crippen LogP contribution in [0, 0.1) is 17.6 Å². The fourth-order valence-electron chi connectivity index (χ4n) is 2.52. The van der Waals surface area contributed by atoms with E-state index in [0.29, 0.717) is 30.4 Å². The molecule has 0 amide bonds. The lowest BCUT2D eigenvalue weighted by molar-refractivity contribution is 0.270. The Morgan fingerprint density at radius 3 is 2.90 bits per heavy atom. The molecule has 1 heterocycles. The molecule has 1 aliphatic rings. The van der Waals surface area contributed by atoms with Crippen molar-refractivity contribution >= 4 is 29.9 Å². The maximum atomic E-state index is 13.4. The van der Waals surface area contributed by atoms with Gasteiger partial charge in [-0.1, -0.05) is 6.92 Å². The number of aliphatic imine (C=N–C) groups is 1. The Morgan fingerprint density at radius 2 is 2.19 bits per heavy atom. The first-order valence-electron chi connectivity index (χ1n) is 7.05. The van der Waals surface area contributed by atoms with E-state index in [9.17, 15) is 8.78 Å². The zero-order chi connectivity index (χ0) is 14.5. The molecular weight excluding hydrogens is 387 g/mol. The predicted molar refractivity (Wildman–Crippen MR) is 91.9 cm³/mol. The van der Waals surface area contributed by atoms with Crippen LogP contribution >= 0.6 is 24.0 Å². The molecule has 0 bridgehead atoms. The topological polar surface area (TPSA) is 41.6 Å². The molecule has 0 saturated carbocycles. The third-order valence-electron chi connectivity index (χ3n) is 3.64. The van der Waals surface area contributed by atoms with E-state index in [-0.39, 0.29) is 24.0 Å². The van der Waals surface area contributed by atoms with Crippen molar-refractivity contribution in [1.29, 1.82) is 0 Å². The highest BCUT2D eigenvalue weighted by Gasteiger charge is 2.17. The first-order valence-corrected chi connectivity index (χ1v) is 7.05. The smallest absolute Gasteiger partial charge is 0.191 e. The Kier molecular flexibility index (Phi) is 7.34. The van der Waals surface area contributed by atoms with E-state index in [1.807, 2.05) is 0 Å². The summed E-state index contributed by atoms with van der Waals surface area (Å²) in [5, 5.41) is 0. The summed E-state index contributed by atoms with van der Waals surface area (Å²) < 4.78 is 26.5. The van der Waals surface area contributed by atoms with Gasteiger partial charge >= 0.3 is 0 Å². The van der Waals surface area contributed by atoms with Crippen LogP contribution in [0.25, 0.3) is 0 Å². The van der Waals surface area contributed by atoms with Crippen LogP contribution in [0.1, 0.15) is 25.3 Å². The summed E-state index contributed by atoms with van der Waals surface area (Å²) in [7, 11) is 0. The molecule has 2 rings (SSSR count). The van der Waals surface area contributed by atoms with E-state index < -0.39 is 11.6 Å². The van der Waals surface area contributed by atoms with Crippen molar-refractivity contribution in [3.05, 3.63) is 35.4 Å². The number of likely N-dealkylation sites (tertiary alicyclic amines) is 1. The summed E-state index contributed by atoms with van der Waals surface area (Å²) in [6.07, 6.45) is 2.70. The molecule has 1 saturated heterocycles. The van der Waals surface area contributed by atoms with Crippen molar-refractivity contribution in [3.8, 4) is 0 Å². The number of halogens is 3. The van der Waals surface area contributed by atoms with E-state index in [0.717, 1.165) is 31.6 Å². The number of piperidine rings is 1. The van der Waals surface area contributed by atoms with E-state index in [1.165, 1.54) is 12.5 Å². The van der Waals surface area contributed by atoms with Crippen molar-refractivity contribution in [2.45, 2.75) is 26.2 Å². The minimum absolute atomic E-state index is 0. The average Bonchev–Trinajstić information content (AvgIpc) is 2.42. The molecule has 2 N–H and O–H groups in total. The largest absolute Gasteiger partial charge is 0.370 e. The maximum absolute atomic E-state index is 13.4. The first kappa shape index (κ1) is 18.1. The number of nitrogens with two attached hydrogens (primary N) is 1. The molecule has 6 heteroatoms. The Morgan fingerprint density at radius 1 is 1.43 bits per heavy atom. The lowest BCUT2D eigenvalue weighted by Gasteiger charge is -2.31. The number of guanidine groups is 1. The standard InChI is InChI=1S/C15H21F2N3.HI/c1-11-3-2-8-20(10-11)15(18)19-7-6-12-9-13(16)4-5-14(12)17;/h4-5,9,11H,2-3,6-8,10H2,1H3,(H2,18,19);1H. The Balaban J connectivity index is 0.00000220. The Labute approximate surface area is 141 Å². The normalized spacial score (nSPS) is 19.3. The quantitative estimate of drug-likeness (QED) is 0.474. The molecule has 0 spiro atoms. The van der Waals surface area contributed by atoms with Crippen molar-refractivity contribution in [2.24, 2.45) is 16.6 Å². The van der Waals surface area contributed by atoms with Crippen molar-refractivity contribution in [2.75, 3.05) is 19.6 Å². The zero-order valence-corrected chi connectivity index (χ0v) is 14.5. The summed E-state index contributed by atoms with van der Waals surface area (Å²) in [4.78, 5) is 6.35. The first-order chi connectivity index (χ1) is 9.56. The van der Waals surface area contributed by atoms with Crippen LogP contribution in [0.3, 0.4) is 0 Å². The van der Waals surface area contributed by atoms with Crippen LogP contribution in [0.15, 0.2) is 23.2 Å². The van der Waals surface area contributed by atoms with Gasteiger partial charge in [0.2, 0.25) is 0 Å². The lowest BCUT2D eigenvalue weighted by atomic mass is 10.0. The van der Waals surface area contributed by atoms with Gasteiger partial charge in [0.15, 0.2) is 5.96 Å². The third kappa shape index (κ3) is 5.41. The summed E-state index contributed by atoms with van der Waals surface area (Å²) >= 11 is 0. The third-order valence-corrected chi connectivity index (χ3v) is 3.64. The molecule has 1 unspecified atom stereocenters. The van der Waals surface area contributed by atoms with Crippen LogP contribution in [0.2, 0.25) is 0 Å². The number of nitrogens with zero attached hydrogens (tertiary/aromatic N) is 2. The van der Waals surface area contributed by atoms with Crippen LogP contribution in [-0.2, 0) is 6.42 Å². The van der Waals surface area contributed by atoms with Crippen LogP contribution in [0.4, 0.5) is 8.78 Å². The van der Waals surface area contributed by atoms with Crippen molar-refractivity contribution < 1.29 is 8.78 Å². The molecule has 21 heavy (non-hydrogen) atoms. The fraction of sp³-hybridized carbons (Fsp3) is 0.533. The van der Waals surface area contributed by atoms with Gasteiger partial charge < -0.3 is 10.6 Å². The molecule has 1 fully saturated rings. The molecule has 1 aromatic rings. The van der Waals surface area contributed by atoms with Gasteiger partial charge in [0.1, 0.15) is 11.6 Å². The molecular formula is C15H22F2IN3. The van der Waals surface area contributed by atoms with E-state index >= 15 is 0 Å². The highest BCUT2D eigenvalue weighted by molar-refractivity contribution is 14.0. The van der Waals surface area contributed by atoms with Gasteiger partial charge in [-0.25, -0.2) is 8.78 Å². The molecule has 3 nitrogen and oxygen atoms in total. The SMILES string of the molecule is CC1CCCN(C(N)=NCCc2cc(F)ccc2F)C1.I. The lowest BCUT2D eigenvalue weighted by Crippen LogP contribution is -2.43. The summed E-state index contributed by atoms with van der Waals surface area (Å²) in [5.41, 5.74) is 6.29. The van der Waals surface area contributed by atoms with Gasteiger partial charge in [0, 0.05) is 19.6 Å². The van der Waals surface area contributed by atoms with Gasteiger partial charge in [-0.2, -0.15) is 0 Å². The Bertz CT molecular complexity index is 494. The zero-order valence-electron chi connectivity index (χ0n) is 12.2. The molecule has 1 aromatic carbocycles. The summed E-state index contributed by atoms with van der Waals surface area (Å²) in [6.45, 7) is 4.41. The van der Waals surface area contributed by atoms with E-state index in [2.05, 4.69) is 16.8 Å². The second-order valence-electron chi connectivity index (χ2n) is 5.42. The van der Waals surface area contributed by atoms with Gasteiger partial charge in [-0.15, -0.1) is 24.0 Å². The van der Waals surface area contributed by atoms with Crippen molar-refractivity contribution in [1.82, 2.24) is 4.90 Å². The maximum Gasteiger partial charge on any atom is 0.191 e. The molecule has 118 valence electrons. The Hall–Kier alpha value is -0.920. The summed E-state index contributed by atoms with van der Waals surface area (Å²) in [5.74, 6) is 0.307. The van der Waals surface area contributed by atoms with Gasteiger partial charge in [-0.05, 0) is 48.9 Å². The molecule has 1 atom stereocenters. The molecule has 0 radical (unpaired) electrons. The molecule has 0 aliphatic carbocycles. The van der Waals surface area contributed by atoms with Gasteiger partial charge in [-0.3, -0.25) is 4.99 Å². The summed E-state index contributed by atoms with van der Waals surface area (Å²) in [6, 6.07) is 3.47. The second kappa shape index (κ2) is 8.51. The fourth-order valence-corrected chi connectivity index (χ4v) is 2.52. The van der Waals surface area contributed by atoms with Crippen LogP contribution < -0.4 is 5.73 Å². The predicted octanol–water partition coefficient (Wildman–Crippen LogP) is 3.17. The highest BCUT2D eigenvalue weighted by atomic mass is 127. The number of hydrogen-bond acceptors (Lipinski definition) is 1. The van der Waals surface area contributed by atoms with E-state index in [4.69, 9.17) is 5.73 Å².